The molecule has 0 radical (unpaired) electrons. The van der Waals surface area contributed by atoms with Crippen LogP contribution >= 0.6 is 23.3 Å². The van der Waals surface area contributed by atoms with Gasteiger partial charge in [0.2, 0.25) is 5.89 Å². The first-order valence-electron chi connectivity index (χ1n) is 8.36. The highest BCUT2D eigenvalue weighted by atomic mass is 35.5. The number of benzene rings is 3. The fourth-order valence-corrected chi connectivity index (χ4v) is 3.62. The summed E-state index contributed by atoms with van der Waals surface area (Å²) < 4.78 is 14.1. The van der Waals surface area contributed by atoms with Gasteiger partial charge in [-0.2, -0.15) is 8.75 Å². The molecule has 0 aliphatic heterocycles. The molecule has 0 aliphatic rings. The summed E-state index contributed by atoms with van der Waals surface area (Å²) >= 11 is 7.34. The molecule has 8 heteroatoms. The number of fused-ring (bicyclic) bond motifs is 2. The summed E-state index contributed by atoms with van der Waals surface area (Å²) in [5, 5.41) is 3.44. The molecule has 0 atom stereocenters. The Balaban J connectivity index is 1.44. The molecule has 1 N–H and O–H groups in total. The number of aromatic nitrogens is 3. The number of nitrogens with zero attached hydrogens (tertiary/aromatic N) is 3. The second-order valence-electron chi connectivity index (χ2n) is 6.10. The van der Waals surface area contributed by atoms with Crippen LogP contribution < -0.4 is 5.32 Å². The predicted molar refractivity (Wildman–Crippen MR) is 110 cm³/mol. The van der Waals surface area contributed by atoms with Crippen molar-refractivity contribution in [1.29, 1.82) is 0 Å². The molecule has 136 valence electrons. The normalized spacial score (nSPS) is 11.2. The minimum atomic E-state index is -0.232. The molecule has 2 aromatic heterocycles. The van der Waals surface area contributed by atoms with Crippen LogP contribution in [-0.4, -0.2) is 19.6 Å². The van der Waals surface area contributed by atoms with E-state index >= 15 is 0 Å². The molecule has 6 nitrogen and oxygen atoms in total. The maximum Gasteiger partial charge on any atom is 0.255 e. The van der Waals surface area contributed by atoms with Gasteiger partial charge >= 0.3 is 0 Å². The molecule has 0 saturated carbocycles. The lowest BCUT2D eigenvalue weighted by molar-refractivity contribution is 0.102. The number of hydrogen-bond donors (Lipinski definition) is 1. The molecule has 3 aromatic carbocycles. The van der Waals surface area contributed by atoms with E-state index in [-0.39, 0.29) is 5.91 Å². The lowest BCUT2D eigenvalue weighted by atomic mass is 10.2. The van der Waals surface area contributed by atoms with Gasteiger partial charge in [-0.3, -0.25) is 4.79 Å². The highest BCUT2D eigenvalue weighted by molar-refractivity contribution is 7.00. The van der Waals surface area contributed by atoms with Gasteiger partial charge in [0.1, 0.15) is 16.6 Å². The molecule has 0 bridgehead atoms. The van der Waals surface area contributed by atoms with Gasteiger partial charge in [0.25, 0.3) is 5.91 Å². The molecule has 5 rings (SSSR count). The molecular formula is C20H11ClN4O2S. The molecular weight excluding hydrogens is 396 g/mol. The molecule has 28 heavy (non-hydrogen) atoms. The maximum atomic E-state index is 12.6. The van der Waals surface area contributed by atoms with Gasteiger partial charge in [0.15, 0.2) is 5.58 Å². The smallest absolute Gasteiger partial charge is 0.255 e. The van der Waals surface area contributed by atoms with Gasteiger partial charge < -0.3 is 9.73 Å². The third-order valence-electron chi connectivity index (χ3n) is 4.27. The SMILES string of the molecule is O=C(Nc1ccc2oc(-c3ccccc3Cl)nc2c1)c1ccc2nsnc2c1. The molecule has 2 heterocycles. The highest BCUT2D eigenvalue weighted by Gasteiger charge is 2.13. The standard InChI is InChI=1S/C20H11ClN4O2S/c21-14-4-2-1-3-13(14)20-23-17-10-12(6-8-18(17)27-20)22-19(26)11-5-7-15-16(9-11)25-28-24-15/h1-10H,(H,22,26). The van der Waals surface area contributed by atoms with Crippen molar-refractivity contribution in [1.82, 2.24) is 13.7 Å². The van der Waals surface area contributed by atoms with Crippen molar-refractivity contribution in [3.8, 4) is 11.5 Å². The fraction of sp³-hybridized carbons (Fsp3) is 0. The monoisotopic (exact) mass is 406 g/mol. The third-order valence-corrected chi connectivity index (χ3v) is 5.15. The lowest BCUT2D eigenvalue weighted by Gasteiger charge is -2.04. The number of amides is 1. The van der Waals surface area contributed by atoms with E-state index in [1.165, 1.54) is 0 Å². The number of nitrogens with one attached hydrogen (secondary N) is 1. The Morgan fingerprint density at radius 3 is 2.71 bits per heavy atom. The van der Waals surface area contributed by atoms with Gasteiger partial charge in [-0.15, -0.1) is 0 Å². The van der Waals surface area contributed by atoms with Crippen LogP contribution in [0.4, 0.5) is 5.69 Å². The number of rotatable bonds is 3. The van der Waals surface area contributed by atoms with Gasteiger partial charge in [-0.25, -0.2) is 4.98 Å². The average Bonchev–Trinajstić information content (AvgIpc) is 3.34. The molecule has 0 fully saturated rings. The van der Waals surface area contributed by atoms with Crippen LogP contribution in [0.2, 0.25) is 5.02 Å². The Morgan fingerprint density at radius 1 is 0.964 bits per heavy atom. The zero-order valence-corrected chi connectivity index (χ0v) is 15.8. The van der Waals surface area contributed by atoms with Crippen molar-refractivity contribution in [3.05, 3.63) is 71.2 Å². The zero-order valence-electron chi connectivity index (χ0n) is 14.2. The first-order chi connectivity index (χ1) is 13.7. The summed E-state index contributed by atoms with van der Waals surface area (Å²) in [6.45, 7) is 0. The van der Waals surface area contributed by atoms with E-state index in [1.54, 1.807) is 42.5 Å². The van der Waals surface area contributed by atoms with Crippen LogP contribution in [0.3, 0.4) is 0 Å². The summed E-state index contributed by atoms with van der Waals surface area (Å²) in [7, 11) is 0. The number of oxazole rings is 1. The Hall–Kier alpha value is -3.29. The van der Waals surface area contributed by atoms with E-state index in [4.69, 9.17) is 16.0 Å². The number of anilines is 1. The summed E-state index contributed by atoms with van der Waals surface area (Å²) in [5.41, 5.74) is 4.57. The minimum absolute atomic E-state index is 0.232. The first kappa shape index (κ1) is 16.9. The van der Waals surface area contributed by atoms with Gasteiger partial charge in [-0.05, 0) is 48.5 Å². The van der Waals surface area contributed by atoms with Crippen molar-refractivity contribution in [2.45, 2.75) is 0 Å². The van der Waals surface area contributed by atoms with Gasteiger partial charge in [0, 0.05) is 11.3 Å². The fourth-order valence-electron chi connectivity index (χ4n) is 2.88. The number of halogens is 1. The Bertz CT molecular complexity index is 1340. The second-order valence-corrected chi connectivity index (χ2v) is 7.04. The molecule has 1 amide bonds. The molecule has 5 aromatic rings. The van der Waals surface area contributed by atoms with E-state index in [2.05, 4.69) is 19.0 Å². The molecule has 0 saturated heterocycles. The van der Waals surface area contributed by atoms with Crippen LogP contribution in [0.5, 0.6) is 0 Å². The molecule has 0 aliphatic carbocycles. The van der Waals surface area contributed by atoms with Crippen molar-refractivity contribution >= 4 is 57.1 Å². The Kier molecular flexibility index (Phi) is 4.03. The van der Waals surface area contributed by atoms with Crippen molar-refractivity contribution < 1.29 is 9.21 Å². The summed E-state index contributed by atoms with van der Waals surface area (Å²) in [6, 6.07) is 17.9. The van der Waals surface area contributed by atoms with Crippen molar-refractivity contribution in [2.24, 2.45) is 0 Å². The van der Waals surface area contributed by atoms with Crippen LogP contribution in [0, 0.1) is 0 Å². The lowest BCUT2D eigenvalue weighted by Crippen LogP contribution is -2.11. The first-order valence-corrected chi connectivity index (χ1v) is 9.47. The van der Waals surface area contributed by atoms with E-state index in [9.17, 15) is 4.79 Å². The van der Waals surface area contributed by atoms with E-state index in [0.29, 0.717) is 38.8 Å². The zero-order chi connectivity index (χ0) is 19.1. The highest BCUT2D eigenvalue weighted by Crippen LogP contribution is 2.30. The quantitative estimate of drug-likeness (QED) is 0.433. The van der Waals surface area contributed by atoms with E-state index in [0.717, 1.165) is 22.8 Å². The summed E-state index contributed by atoms with van der Waals surface area (Å²) in [6.07, 6.45) is 0. The summed E-state index contributed by atoms with van der Waals surface area (Å²) in [5.74, 6) is 0.203. The van der Waals surface area contributed by atoms with Crippen LogP contribution in [0.1, 0.15) is 10.4 Å². The van der Waals surface area contributed by atoms with E-state index < -0.39 is 0 Å². The average molecular weight is 407 g/mol. The third kappa shape index (κ3) is 3.00. The largest absolute Gasteiger partial charge is 0.436 e. The summed E-state index contributed by atoms with van der Waals surface area (Å²) in [4.78, 5) is 17.1. The van der Waals surface area contributed by atoms with Crippen LogP contribution in [0.25, 0.3) is 33.6 Å². The van der Waals surface area contributed by atoms with Crippen molar-refractivity contribution in [2.75, 3.05) is 5.32 Å². The molecule has 0 spiro atoms. The van der Waals surface area contributed by atoms with Crippen LogP contribution in [-0.2, 0) is 0 Å². The Labute approximate surface area is 168 Å². The maximum absolute atomic E-state index is 12.6. The minimum Gasteiger partial charge on any atom is -0.436 e. The number of carbonyl (C=O) groups excluding carboxylic acids is 1. The van der Waals surface area contributed by atoms with Crippen LogP contribution in [0.15, 0.2) is 65.1 Å². The molecule has 0 unspecified atom stereocenters. The Morgan fingerprint density at radius 2 is 1.82 bits per heavy atom. The van der Waals surface area contributed by atoms with Crippen molar-refractivity contribution in [3.63, 3.8) is 0 Å². The second kappa shape index (κ2) is 6.70. The van der Waals surface area contributed by atoms with E-state index in [1.807, 2.05) is 18.2 Å². The van der Waals surface area contributed by atoms with Gasteiger partial charge in [0.05, 0.1) is 22.3 Å². The predicted octanol–water partition coefficient (Wildman–Crippen LogP) is 5.41. The number of carbonyl (C=O) groups is 1. The number of hydrogen-bond acceptors (Lipinski definition) is 6. The topological polar surface area (TPSA) is 80.9 Å². The van der Waals surface area contributed by atoms with Gasteiger partial charge in [-0.1, -0.05) is 23.7 Å².